The molecule has 3 amide bonds. The van der Waals surface area contributed by atoms with Crippen LogP contribution in [0.5, 0.6) is 0 Å². The van der Waals surface area contributed by atoms with E-state index in [1.165, 1.54) is 23.7 Å². The summed E-state index contributed by atoms with van der Waals surface area (Å²) in [5.74, 6) is 1.60. The zero-order valence-corrected chi connectivity index (χ0v) is 18.5. The van der Waals surface area contributed by atoms with Gasteiger partial charge in [0.15, 0.2) is 5.16 Å². The highest BCUT2D eigenvalue weighted by atomic mass is 32.2. The molecule has 4 heterocycles. The molecule has 2 saturated heterocycles. The first-order chi connectivity index (χ1) is 15.0. The molecule has 12 heteroatoms. The first kappa shape index (κ1) is 21.7. The van der Waals surface area contributed by atoms with Crippen LogP contribution in [0.4, 0.5) is 4.79 Å². The van der Waals surface area contributed by atoms with Crippen molar-refractivity contribution in [3.63, 3.8) is 0 Å². The molecule has 2 fully saturated rings. The molecule has 0 saturated carbocycles. The molecule has 166 valence electrons. The van der Waals surface area contributed by atoms with Crippen molar-refractivity contribution in [3.8, 4) is 0 Å². The molecule has 1 atom stereocenters. The van der Waals surface area contributed by atoms with Crippen LogP contribution in [0.2, 0.25) is 0 Å². The highest BCUT2D eigenvalue weighted by molar-refractivity contribution is 7.99. The normalized spacial score (nSPS) is 22.4. The second-order valence-corrected chi connectivity index (χ2v) is 8.60. The summed E-state index contributed by atoms with van der Waals surface area (Å²) >= 11 is 1.52. The van der Waals surface area contributed by atoms with E-state index in [-0.39, 0.29) is 18.5 Å². The zero-order valence-electron chi connectivity index (χ0n) is 17.7. The number of hydrogen-bond acceptors (Lipinski definition) is 7. The van der Waals surface area contributed by atoms with E-state index in [1.807, 2.05) is 4.90 Å². The number of piperazine rings is 1. The maximum Gasteiger partial charge on any atom is 0.392 e. The number of urea groups is 1. The minimum absolute atomic E-state index is 0.138. The van der Waals surface area contributed by atoms with Gasteiger partial charge in [-0.15, -0.1) is 0 Å². The minimum Gasteiger partial charge on any atom is -0.395 e. The number of carbonyl (C=O) groups excluding carboxylic acids is 2. The number of β-amino-alcohol motifs (C(OH)–C–C–N with tert-alkyl or cyclic N) is 1. The van der Waals surface area contributed by atoms with Crippen LogP contribution in [0.15, 0.2) is 28.6 Å². The van der Waals surface area contributed by atoms with Gasteiger partial charge in [0.25, 0.3) is 5.91 Å². The van der Waals surface area contributed by atoms with Gasteiger partial charge in [-0.25, -0.2) is 19.7 Å². The molecule has 1 unspecified atom stereocenters. The van der Waals surface area contributed by atoms with Gasteiger partial charge in [0, 0.05) is 51.9 Å². The Hall–Kier alpha value is -2.57. The Labute approximate surface area is 185 Å². The van der Waals surface area contributed by atoms with Crippen LogP contribution >= 0.6 is 11.8 Å². The number of amidine groups is 1. The molecule has 0 spiro atoms. The Kier molecular flexibility index (Phi) is 6.49. The summed E-state index contributed by atoms with van der Waals surface area (Å²) in [4.78, 5) is 45.5. The molecule has 1 aromatic heterocycles. The van der Waals surface area contributed by atoms with Gasteiger partial charge in [-0.1, -0.05) is 16.8 Å². The van der Waals surface area contributed by atoms with Crippen molar-refractivity contribution in [3.05, 3.63) is 18.5 Å². The third-order valence-electron chi connectivity index (χ3n) is 5.69. The number of likely N-dealkylation sites (N-methyl/N-ethyl adjacent to an activating group) is 2. The smallest absolute Gasteiger partial charge is 0.392 e. The van der Waals surface area contributed by atoms with E-state index in [9.17, 15) is 14.7 Å². The van der Waals surface area contributed by atoms with Gasteiger partial charge in [-0.05, 0) is 6.07 Å². The number of nitrogens with zero attached hydrogens (tertiary/aromatic N) is 8. The fraction of sp³-hybridized carbons (Fsp3) is 0.579. The molecule has 3 aliphatic rings. The van der Waals surface area contributed by atoms with Gasteiger partial charge in [-0.3, -0.25) is 24.1 Å². The van der Waals surface area contributed by atoms with Crippen LogP contribution in [0.25, 0.3) is 0 Å². The predicted octanol–water partition coefficient (Wildman–Crippen LogP) is -1.15. The van der Waals surface area contributed by atoms with Crippen LogP contribution in [0.3, 0.4) is 0 Å². The predicted molar refractivity (Wildman–Crippen MR) is 115 cm³/mol. The number of imide groups is 1. The lowest BCUT2D eigenvalue weighted by Crippen LogP contribution is -2.63. The molecule has 0 bridgehead atoms. The number of amides is 3. The number of guanidine groups is 1. The van der Waals surface area contributed by atoms with E-state index in [1.54, 1.807) is 25.5 Å². The monoisotopic (exact) mass is 447 g/mol. The lowest BCUT2D eigenvalue weighted by Gasteiger charge is -2.33. The topological polar surface area (TPSA) is 108 Å². The number of hydrogen-bond donors (Lipinski definition) is 1. The number of fused-ring (bicyclic) bond motifs is 1. The number of aliphatic hydroxyl groups is 1. The van der Waals surface area contributed by atoms with Gasteiger partial charge >= 0.3 is 12.0 Å². The van der Waals surface area contributed by atoms with Crippen LogP contribution in [-0.4, -0.2) is 135 Å². The molecular formula is C19H27N8O3S+. The van der Waals surface area contributed by atoms with Gasteiger partial charge in [-0.2, -0.15) is 0 Å². The molecule has 0 aliphatic carbocycles. The molecule has 3 aliphatic heterocycles. The summed E-state index contributed by atoms with van der Waals surface area (Å²) in [7, 11) is 3.16. The second-order valence-electron chi connectivity index (χ2n) is 7.54. The third kappa shape index (κ3) is 4.27. The number of carbonyl (C=O) groups is 2. The average molecular weight is 448 g/mol. The van der Waals surface area contributed by atoms with Crippen molar-refractivity contribution in [2.45, 2.75) is 11.2 Å². The Morgan fingerprint density at radius 3 is 2.52 bits per heavy atom. The highest BCUT2D eigenvalue weighted by Crippen LogP contribution is 2.24. The lowest BCUT2D eigenvalue weighted by molar-refractivity contribution is -0.544. The van der Waals surface area contributed by atoms with E-state index in [2.05, 4.69) is 19.4 Å². The quantitative estimate of drug-likeness (QED) is 0.331. The van der Waals surface area contributed by atoms with Crippen LogP contribution in [-0.2, 0) is 4.79 Å². The summed E-state index contributed by atoms with van der Waals surface area (Å²) in [6.07, 6.45) is 3.41. The molecule has 4 rings (SSSR count). The fourth-order valence-corrected chi connectivity index (χ4v) is 4.72. The Morgan fingerprint density at radius 2 is 1.84 bits per heavy atom. The summed E-state index contributed by atoms with van der Waals surface area (Å²) in [6.45, 7) is 4.45. The van der Waals surface area contributed by atoms with E-state index >= 15 is 0 Å². The lowest BCUT2D eigenvalue weighted by atomic mass is 10.1. The van der Waals surface area contributed by atoms with Crippen molar-refractivity contribution < 1.29 is 19.3 Å². The van der Waals surface area contributed by atoms with Crippen molar-refractivity contribution >= 4 is 35.5 Å². The maximum atomic E-state index is 13.0. The Morgan fingerprint density at radius 1 is 1.13 bits per heavy atom. The van der Waals surface area contributed by atoms with Gasteiger partial charge in [0.05, 0.1) is 26.2 Å². The second kappa shape index (κ2) is 9.28. The number of aliphatic imine (C=N–C) groups is 1. The number of aromatic nitrogens is 2. The SMILES string of the molecule is CN1C(=O)C2C(=NC(=[N+]3CCN(CCO)CC3)N2CCSc2ncccn2)N(C)C1=O. The number of aliphatic hydroxyl groups excluding tert-OH is 1. The third-order valence-corrected chi connectivity index (χ3v) is 6.54. The summed E-state index contributed by atoms with van der Waals surface area (Å²) < 4.78 is 2.16. The molecular weight excluding hydrogens is 420 g/mol. The van der Waals surface area contributed by atoms with Crippen molar-refractivity contribution in [1.29, 1.82) is 0 Å². The average Bonchev–Trinajstić information content (AvgIpc) is 3.17. The molecule has 1 N–H and O–H groups in total. The fourth-order valence-electron chi connectivity index (χ4n) is 3.98. The number of thioether (sulfide) groups is 1. The molecule has 1 aromatic rings. The molecule has 0 aromatic carbocycles. The summed E-state index contributed by atoms with van der Waals surface area (Å²) in [6, 6.07) is 0.785. The first-order valence-corrected chi connectivity index (χ1v) is 11.2. The summed E-state index contributed by atoms with van der Waals surface area (Å²) in [5.41, 5.74) is 0. The van der Waals surface area contributed by atoms with Gasteiger partial charge < -0.3 is 5.11 Å². The van der Waals surface area contributed by atoms with Crippen molar-refractivity contribution in [2.24, 2.45) is 4.99 Å². The van der Waals surface area contributed by atoms with E-state index < -0.39 is 6.04 Å². The van der Waals surface area contributed by atoms with E-state index in [0.29, 0.717) is 29.8 Å². The van der Waals surface area contributed by atoms with Gasteiger partial charge in [0.1, 0.15) is 0 Å². The molecule has 0 radical (unpaired) electrons. The molecule has 11 nitrogen and oxygen atoms in total. The Bertz CT molecular complexity index is 899. The largest absolute Gasteiger partial charge is 0.395 e. The summed E-state index contributed by atoms with van der Waals surface area (Å²) in [5, 5.41) is 9.88. The van der Waals surface area contributed by atoms with E-state index in [0.717, 1.165) is 37.0 Å². The van der Waals surface area contributed by atoms with Crippen molar-refractivity contribution in [1.82, 2.24) is 29.6 Å². The first-order valence-electron chi connectivity index (χ1n) is 10.3. The highest BCUT2D eigenvalue weighted by Gasteiger charge is 2.55. The zero-order chi connectivity index (χ0) is 22.0. The Balaban J connectivity index is 1.58. The number of rotatable bonds is 6. The van der Waals surface area contributed by atoms with Gasteiger partial charge in [0.2, 0.25) is 11.9 Å². The van der Waals surface area contributed by atoms with Crippen LogP contribution in [0.1, 0.15) is 0 Å². The van der Waals surface area contributed by atoms with Crippen molar-refractivity contribution in [2.75, 3.05) is 65.7 Å². The van der Waals surface area contributed by atoms with E-state index in [4.69, 9.17) is 4.99 Å². The molecule has 31 heavy (non-hydrogen) atoms. The maximum absolute atomic E-state index is 13.0. The van der Waals surface area contributed by atoms with Crippen LogP contribution in [0, 0.1) is 0 Å². The van der Waals surface area contributed by atoms with Crippen LogP contribution < -0.4 is 0 Å². The minimum atomic E-state index is -0.615. The standard InChI is InChI=1S/C19H27N8O3S/c1-23-15-14(16(29)24(2)19(23)30)27(11-13-31-17-20-4-3-5-21-17)18(22-15)26-8-6-25(7-9-26)10-12-28/h3-5,14,28H,6-13H2,1-2H3/q+1.